The number of allylic oxidation sites excluding steroid dienone is 1. The third-order valence-corrected chi connectivity index (χ3v) is 6.75. The van der Waals surface area contributed by atoms with Crippen molar-refractivity contribution in [1.29, 1.82) is 0 Å². The number of ether oxygens (including phenoxy) is 2. The monoisotopic (exact) mass is 494 g/mol. The molecular formula is C29H26N4O4. The van der Waals surface area contributed by atoms with Crippen LogP contribution in [0.15, 0.2) is 77.0 Å². The number of urea groups is 1. The Balaban J connectivity index is 1.48. The van der Waals surface area contributed by atoms with Crippen molar-refractivity contribution >= 4 is 17.3 Å². The second-order valence-corrected chi connectivity index (χ2v) is 9.14. The predicted molar refractivity (Wildman–Crippen MR) is 139 cm³/mol. The molecule has 1 unspecified atom stereocenters. The number of aromatic nitrogens is 2. The van der Waals surface area contributed by atoms with Gasteiger partial charge in [-0.3, -0.25) is 4.90 Å². The molecule has 1 atom stereocenters. The molecule has 4 aromatic rings. The number of nitrogens with one attached hydrogen (secondary N) is 1. The zero-order valence-electron chi connectivity index (χ0n) is 20.8. The highest BCUT2D eigenvalue weighted by Gasteiger charge is 2.37. The average molecular weight is 495 g/mol. The van der Waals surface area contributed by atoms with E-state index in [1.807, 2.05) is 56.3 Å². The van der Waals surface area contributed by atoms with E-state index >= 15 is 0 Å². The van der Waals surface area contributed by atoms with Gasteiger partial charge < -0.3 is 19.3 Å². The Morgan fingerprint density at radius 1 is 1.00 bits per heavy atom. The molecule has 186 valence electrons. The van der Waals surface area contributed by atoms with Crippen LogP contribution < -0.4 is 19.7 Å². The van der Waals surface area contributed by atoms with Gasteiger partial charge in [-0.1, -0.05) is 60.1 Å². The molecule has 2 amide bonds. The molecule has 8 nitrogen and oxygen atoms in total. The Hall–Kier alpha value is -4.59. The molecule has 8 heteroatoms. The molecule has 37 heavy (non-hydrogen) atoms. The first-order chi connectivity index (χ1) is 18.0. The third kappa shape index (κ3) is 4.10. The van der Waals surface area contributed by atoms with Gasteiger partial charge in [0.05, 0.1) is 17.3 Å². The topological polar surface area (TPSA) is 89.7 Å². The van der Waals surface area contributed by atoms with Crippen LogP contribution in [0.1, 0.15) is 42.5 Å². The molecule has 0 fully saturated rings. The van der Waals surface area contributed by atoms with Gasteiger partial charge in [0.2, 0.25) is 12.6 Å². The number of benzene rings is 3. The van der Waals surface area contributed by atoms with Gasteiger partial charge in [-0.25, -0.2) is 4.79 Å². The first kappa shape index (κ1) is 22.8. The standard InChI is InChI=1S/C29H26N4O4/c1-4-19-8-10-20(11-9-19)26-25(28-31-27(32-37-28)21-7-5-6-17(2)14-21)18(3)33(29(34)30-26)22-12-13-23-24(15-22)36-16-35-23/h5-15,26H,4,16H2,1-3H3,(H,30,34). The van der Waals surface area contributed by atoms with Crippen molar-refractivity contribution in [1.82, 2.24) is 15.5 Å². The lowest BCUT2D eigenvalue weighted by atomic mass is 9.93. The van der Waals surface area contributed by atoms with Gasteiger partial charge in [-0.2, -0.15) is 4.98 Å². The van der Waals surface area contributed by atoms with Crippen LogP contribution in [0.4, 0.5) is 10.5 Å². The maximum Gasteiger partial charge on any atom is 0.327 e. The second-order valence-electron chi connectivity index (χ2n) is 9.14. The number of nitrogens with zero attached hydrogens (tertiary/aromatic N) is 3. The van der Waals surface area contributed by atoms with Gasteiger partial charge in [0.25, 0.3) is 5.89 Å². The molecule has 0 aliphatic carbocycles. The number of amides is 2. The van der Waals surface area contributed by atoms with Crippen LogP contribution in [-0.2, 0) is 6.42 Å². The van der Waals surface area contributed by atoms with Gasteiger partial charge in [0.1, 0.15) is 0 Å². The van der Waals surface area contributed by atoms with Crippen molar-refractivity contribution in [3.63, 3.8) is 0 Å². The summed E-state index contributed by atoms with van der Waals surface area (Å²) in [6, 6.07) is 20.9. The first-order valence-electron chi connectivity index (χ1n) is 12.2. The Kier molecular flexibility index (Phi) is 5.64. The molecule has 2 aliphatic heterocycles. The molecule has 3 heterocycles. The van der Waals surface area contributed by atoms with E-state index in [2.05, 4.69) is 29.5 Å². The molecule has 0 saturated heterocycles. The number of anilines is 1. The van der Waals surface area contributed by atoms with E-state index < -0.39 is 6.04 Å². The summed E-state index contributed by atoms with van der Waals surface area (Å²) in [7, 11) is 0. The smallest absolute Gasteiger partial charge is 0.327 e. The van der Waals surface area contributed by atoms with Crippen LogP contribution >= 0.6 is 0 Å². The normalized spacial score (nSPS) is 16.8. The lowest BCUT2D eigenvalue weighted by Gasteiger charge is -2.35. The van der Waals surface area contributed by atoms with E-state index in [0.717, 1.165) is 28.7 Å². The average Bonchev–Trinajstić information content (AvgIpc) is 3.58. The highest BCUT2D eigenvalue weighted by molar-refractivity contribution is 6.01. The van der Waals surface area contributed by atoms with Gasteiger partial charge in [-0.15, -0.1) is 0 Å². The number of aryl methyl sites for hydroxylation is 2. The fraction of sp³-hybridized carbons (Fsp3) is 0.207. The molecular weight excluding hydrogens is 468 g/mol. The minimum atomic E-state index is -0.463. The van der Waals surface area contributed by atoms with Crippen molar-refractivity contribution in [2.24, 2.45) is 0 Å². The summed E-state index contributed by atoms with van der Waals surface area (Å²) in [6.07, 6.45) is 0.931. The van der Waals surface area contributed by atoms with Crippen LogP contribution in [0.25, 0.3) is 17.0 Å². The minimum absolute atomic E-state index is 0.157. The van der Waals surface area contributed by atoms with E-state index in [9.17, 15) is 4.79 Å². The highest BCUT2D eigenvalue weighted by Crippen LogP contribution is 2.42. The van der Waals surface area contributed by atoms with Crippen molar-refractivity contribution in [2.45, 2.75) is 33.2 Å². The van der Waals surface area contributed by atoms with E-state index in [1.165, 1.54) is 5.56 Å². The summed E-state index contributed by atoms with van der Waals surface area (Å²) in [6.45, 7) is 6.18. The SMILES string of the molecule is CCc1ccc(C2NC(=O)N(c3ccc4c(c3)OCO4)C(C)=C2c2nc(-c3cccc(C)c3)no2)cc1. The van der Waals surface area contributed by atoms with Gasteiger partial charge in [-0.05, 0) is 49.6 Å². The predicted octanol–water partition coefficient (Wildman–Crippen LogP) is 6.04. The molecule has 6 rings (SSSR count). The quantitative estimate of drug-likeness (QED) is 0.364. The number of rotatable bonds is 5. The van der Waals surface area contributed by atoms with E-state index in [4.69, 9.17) is 19.0 Å². The number of hydrogen-bond donors (Lipinski definition) is 1. The zero-order chi connectivity index (χ0) is 25.5. The van der Waals surface area contributed by atoms with Crippen LogP contribution in [0, 0.1) is 6.92 Å². The Morgan fingerprint density at radius 3 is 2.59 bits per heavy atom. The fourth-order valence-electron chi connectivity index (χ4n) is 4.79. The highest BCUT2D eigenvalue weighted by atomic mass is 16.7. The molecule has 0 radical (unpaired) electrons. The summed E-state index contributed by atoms with van der Waals surface area (Å²) in [5, 5.41) is 7.42. The second kappa shape index (κ2) is 9.13. The maximum atomic E-state index is 13.5. The zero-order valence-corrected chi connectivity index (χ0v) is 20.8. The minimum Gasteiger partial charge on any atom is -0.454 e. The lowest BCUT2D eigenvalue weighted by Crippen LogP contribution is -2.46. The van der Waals surface area contributed by atoms with Crippen LogP contribution in [0.3, 0.4) is 0 Å². The number of carbonyl (C=O) groups is 1. The number of carbonyl (C=O) groups excluding carboxylic acids is 1. The summed E-state index contributed by atoms with van der Waals surface area (Å²) >= 11 is 0. The Labute approximate surface area is 214 Å². The Morgan fingerprint density at radius 2 is 1.81 bits per heavy atom. The number of fused-ring (bicyclic) bond motifs is 1. The molecule has 0 bridgehead atoms. The summed E-state index contributed by atoms with van der Waals surface area (Å²) in [5.74, 6) is 2.09. The third-order valence-electron chi connectivity index (χ3n) is 6.75. The molecule has 2 aliphatic rings. The maximum absolute atomic E-state index is 13.5. The van der Waals surface area contributed by atoms with Crippen molar-refractivity contribution in [3.8, 4) is 22.9 Å². The molecule has 0 spiro atoms. The summed E-state index contributed by atoms with van der Waals surface area (Å²) < 4.78 is 16.8. The largest absolute Gasteiger partial charge is 0.454 e. The number of hydrogen-bond acceptors (Lipinski definition) is 6. The van der Waals surface area contributed by atoms with E-state index in [1.54, 1.807) is 17.0 Å². The van der Waals surface area contributed by atoms with Gasteiger partial charge >= 0.3 is 6.03 Å². The Bertz CT molecular complexity index is 1520. The molecule has 1 N–H and O–H groups in total. The summed E-state index contributed by atoms with van der Waals surface area (Å²) in [5.41, 5.74) is 6.18. The molecule has 0 saturated carbocycles. The van der Waals surface area contributed by atoms with E-state index in [-0.39, 0.29) is 12.8 Å². The summed E-state index contributed by atoms with van der Waals surface area (Å²) in [4.78, 5) is 19.9. The molecule has 3 aromatic carbocycles. The van der Waals surface area contributed by atoms with Gasteiger partial charge in [0, 0.05) is 17.3 Å². The van der Waals surface area contributed by atoms with Crippen LogP contribution in [0.2, 0.25) is 0 Å². The first-order valence-corrected chi connectivity index (χ1v) is 12.2. The van der Waals surface area contributed by atoms with Crippen LogP contribution in [-0.4, -0.2) is 23.0 Å². The van der Waals surface area contributed by atoms with E-state index in [0.29, 0.717) is 34.6 Å². The molecule has 1 aromatic heterocycles. The van der Waals surface area contributed by atoms with Crippen LogP contribution in [0.5, 0.6) is 11.5 Å². The van der Waals surface area contributed by atoms with Gasteiger partial charge in [0.15, 0.2) is 11.5 Å². The van der Waals surface area contributed by atoms with Crippen molar-refractivity contribution < 1.29 is 18.8 Å². The fourth-order valence-corrected chi connectivity index (χ4v) is 4.79. The van der Waals surface area contributed by atoms with Crippen molar-refractivity contribution in [3.05, 3.63) is 95.0 Å². The lowest BCUT2D eigenvalue weighted by molar-refractivity contribution is 0.174. The van der Waals surface area contributed by atoms with Crippen molar-refractivity contribution in [2.75, 3.05) is 11.7 Å².